The summed E-state index contributed by atoms with van der Waals surface area (Å²) in [5.74, 6) is 2.51. The third-order valence-electron chi connectivity index (χ3n) is 5.61. The van der Waals surface area contributed by atoms with E-state index in [9.17, 15) is 4.79 Å². The molecule has 26 heavy (non-hydrogen) atoms. The Morgan fingerprint density at radius 1 is 1.27 bits per heavy atom. The predicted octanol–water partition coefficient (Wildman–Crippen LogP) is 3.82. The molecule has 0 spiro atoms. The number of aryl methyl sites for hydroxylation is 1. The lowest BCUT2D eigenvalue weighted by Gasteiger charge is -2.34. The quantitative estimate of drug-likeness (QED) is 0.811. The Kier molecular flexibility index (Phi) is 6.01. The maximum atomic E-state index is 12.4. The molecule has 1 amide bonds. The zero-order chi connectivity index (χ0) is 18.7. The number of rotatable bonds is 5. The molecular weight excluding hydrogens is 344 g/mol. The van der Waals surface area contributed by atoms with Crippen LogP contribution in [0.5, 0.6) is 0 Å². The topological polar surface area (TPSA) is 59.8 Å². The van der Waals surface area contributed by atoms with Crippen LogP contribution < -0.4 is 5.32 Å². The summed E-state index contributed by atoms with van der Waals surface area (Å²) in [6, 6.07) is 8.43. The largest absolute Gasteiger partial charge is 0.352 e. The second kappa shape index (κ2) is 8.25. The van der Waals surface area contributed by atoms with Gasteiger partial charge in [0.15, 0.2) is 11.0 Å². The summed E-state index contributed by atoms with van der Waals surface area (Å²) >= 11 is 1.44. The first-order chi connectivity index (χ1) is 12.5. The summed E-state index contributed by atoms with van der Waals surface area (Å²) in [5, 5.41) is 12.6. The first kappa shape index (κ1) is 19.0. The third kappa shape index (κ3) is 4.11. The predicted molar refractivity (Wildman–Crippen MR) is 106 cm³/mol. The molecule has 0 saturated heterocycles. The highest BCUT2D eigenvalue weighted by atomic mass is 32.2. The molecule has 1 aromatic carbocycles. The number of thioether (sulfide) groups is 1. The van der Waals surface area contributed by atoms with Crippen LogP contribution in [0.2, 0.25) is 0 Å². The van der Waals surface area contributed by atoms with Crippen LogP contribution in [0.15, 0.2) is 29.4 Å². The molecule has 3 atom stereocenters. The Bertz CT molecular complexity index is 773. The highest BCUT2D eigenvalue weighted by Gasteiger charge is 2.28. The number of nitrogens with one attached hydrogen (secondary N) is 1. The van der Waals surface area contributed by atoms with Gasteiger partial charge in [0, 0.05) is 18.7 Å². The van der Waals surface area contributed by atoms with Crippen LogP contribution in [0.3, 0.4) is 0 Å². The minimum absolute atomic E-state index is 0.0846. The van der Waals surface area contributed by atoms with E-state index >= 15 is 0 Å². The monoisotopic (exact) mass is 372 g/mol. The van der Waals surface area contributed by atoms with Gasteiger partial charge in [-0.05, 0) is 30.7 Å². The highest BCUT2D eigenvalue weighted by molar-refractivity contribution is 7.99. The van der Waals surface area contributed by atoms with E-state index in [-0.39, 0.29) is 5.91 Å². The normalized spacial score (nSPS) is 23.0. The number of amides is 1. The number of carbonyl (C=O) groups is 1. The minimum Gasteiger partial charge on any atom is -0.352 e. The van der Waals surface area contributed by atoms with Crippen LogP contribution >= 0.6 is 11.8 Å². The van der Waals surface area contributed by atoms with E-state index in [0.717, 1.165) is 28.5 Å². The first-order valence-corrected chi connectivity index (χ1v) is 10.3. The third-order valence-corrected chi connectivity index (χ3v) is 6.63. The van der Waals surface area contributed by atoms with Crippen LogP contribution in [-0.2, 0) is 11.8 Å². The maximum absolute atomic E-state index is 12.4. The molecule has 6 heteroatoms. The number of aromatic nitrogens is 3. The van der Waals surface area contributed by atoms with Crippen molar-refractivity contribution in [3.8, 4) is 11.4 Å². The fourth-order valence-corrected chi connectivity index (χ4v) is 4.39. The summed E-state index contributed by atoms with van der Waals surface area (Å²) in [5.41, 5.74) is 2.24. The van der Waals surface area contributed by atoms with Crippen LogP contribution in [0, 0.1) is 18.8 Å². The van der Waals surface area contributed by atoms with Crippen molar-refractivity contribution >= 4 is 17.7 Å². The Balaban J connectivity index is 1.60. The van der Waals surface area contributed by atoms with Gasteiger partial charge < -0.3 is 9.88 Å². The second-order valence-corrected chi connectivity index (χ2v) is 8.35. The average molecular weight is 373 g/mol. The number of nitrogens with zero attached hydrogens (tertiary/aromatic N) is 3. The van der Waals surface area contributed by atoms with E-state index in [1.165, 1.54) is 24.6 Å². The molecular formula is C20H28N4OS. The van der Waals surface area contributed by atoms with Crippen molar-refractivity contribution in [1.82, 2.24) is 20.1 Å². The zero-order valence-corrected chi connectivity index (χ0v) is 16.8. The molecule has 140 valence electrons. The summed E-state index contributed by atoms with van der Waals surface area (Å²) in [7, 11) is 1.95. The summed E-state index contributed by atoms with van der Waals surface area (Å²) in [6.07, 6.45) is 3.55. The van der Waals surface area contributed by atoms with E-state index in [1.54, 1.807) is 0 Å². The van der Waals surface area contributed by atoms with Gasteiger partial charge in [-0.1, -0.05) is 62.7 Å². The first-order valence-electron chi connectivity index (χ1n) is 9.35. The molecule has 1 fully saturated rings. The molecule has 1 N–H and O–H groups in total. The van der Waals surface area contributed by atoms with E-state index < -0.39 is 0 Å². The standard InChI is InChI=1S/C20H28N4OS/c1-13-9-7-11-17(15(13)3)21-18(25)12-26-20-23-22-19(24(20)4)16-10-6-5-8-14(16)2/h5-6,8,10,13,15,17H,7,9,11-12H2,1-4H3,(H,21,25)/t13-,15-,17+/m0/s1. The van der Waals surface area contributed by atoms with E-state index in [1.807, 2.05) is 29.8 Å². The van der Waals surface area contributed by atoms with Crippen molar-refractivity contribution in [3.63, 3.8) is 0 Å². The van der Waals surface area contributed by atoms with Gasteiger partial charge in [0.1, 0.15) is 0 Å². The van der Waals surface area contributed by atoms with Crippen molar-refractivity contribution in [2.75, 3.05) is 5.75 Å². The summed E-state index contributed by atoms with van der Waals surface area (Å²) in [4.78, 5) is 12.4. The van der Waals surface area contributed by atoms with Gasteiger partial charge in [0.25, 0.3) is 0 Å². The number of carbonyl (C=O) groups excluding carboxylic acids is 1. The molecule has 1 aliphatic rings. The van der Waals surface area contributed by atoms with Gasteiger partial charge in [0.05, 0.1) is 5.75 Å². The van der Waals surface area contributed by atoms with E-state index in [2.05, 4.69) is 42.4 Å². The van der Waals surface area contributed by atoms with Crippen LogP contribution in [-0.4, -0.2) is 32.5 Å². The molecule has 1 heterocycles. The van der Waals surface area contributed by atoms with E-state index in [0.29, 0.717) is 23.6 Å². The van der Waals surface area contributed by atoms with Gasteiger partial charge in [-0.3, -0.25) is 4.79 Å². The van der Waals surface area contributed by atoms with Crippen molar-refractivity contribution in [2.24, 2.45) is 18.9 Å². The molecule has 5 nitrogen and oxygen atoms in total. The fraction of sp³-hybridized carbons (Fsp3) is 0.550. The van der Waals surface area contributed by atoms with Crippen molar-refractivity contribution < 1.29 is 4.79 Å². The SMILES string of the molecule is Cc1ccccc1-c1nnc(SCC(=O)N[C@@H]2CCC[C@H](C)[C@@H]2C)n1C. The maximum Gasteiger partial charge on any atom is 0.230 e. The molecule has 3 rings (SSSR count). The average Bonchev–Trinajstić information content (AvgIpc) is 2.98. The lowest BCUT2D eigenvalue weighted by molar-refractivity contribution is -0.120. The molecule has 0 aliphatic heterocycles. The minimum atomic E-state index is 0.0846. The zero-order valence-electron chi connectivity index (χ0n) is 16.0. The molecule has 2 aromatic rings. The van der Waals surface area contributed by atoms with Gasteiger partial charge in [-0.15, -0.1) is 10.2 Å². The lowest BCUT2D eigenvalue weighted by Crippen LogP contribution is -2.44. The summed E-state index contributed by atoms with van der Waals surface area (Å²) in [6.45, 7) is 6.60. The second-order valence-electron chi connectivity index (χ2n) is 7.41. The van der Waals surface area contributed by atoms with Crippen LogP contribution in [0.25, 0.3) is 11.4 Å². The van der Waals surface area contributed by atoms with Gasteiger partial charge in [-0.25, -0.2) is 0 Å². The van der Waals surface area contributed by atoms with Gasteiger partial charge in [0.2, 0.25) is 5.91 Å². The summed E-state index contributed by atoms with van der Waals surface area (Å²) < 4.78 is 1.96. The molecule has 1 aliphatic carbocycles. The van der Waals surface area contributed by atoms with E-state index in [4.69, 9.17) is 0 Å². The van der Waals surface area contributed by atoms with Crippen molar-refractivity contribution in [2.45, 2.75) is 51.2 Å². The number of hydrogen-bond donors (Lipinski definition) is 1. The Hall–Kier alpha value is -1.82. The van der Waals surface area contributed by atoms with Crippen molar-refractivity contribution in [1.29, 1.82) is 0 Å². The molecule has 1 saturated carbocycles. The fourth-order valence-electron chi connectivity index (χ4n) is 3.66. The molecule has 1 aromatic heterocycles. The Morgan fingerprint density at radius 3 is 2.81 bits per heavy atom. The highest BCUT2D eigenvalue weighted by Crippen LogP contribution is 2.30. The van der Waals surface area contributed by atoms with Crippen LogP contribution in [0.1, 0.15) is 38.7 Å². The molecule has 0 radical (unpaired) electrons. The Morgan fingerprint density at radius 2 is 2.04 bits per heavy atom. The van der Waals surface area contributed by atoms with Gasteiger partial charge in [-0.2, -0.15) is 0 Å². The molecule has 0 bridgehead atoms. The Labute approximate surface area is 160 Å². The lowest BCUT2D eigenvalue weighted by atomic mass is 9.78. The number of benzene rings is 1. The number of hydrogen-bond acceptors (Lipinski definition) is 4. The van der Waals surface area contributed by atoms with Crippen molar-refractivity contribution in [3.05, 3.63) is 29.8 Å². The van der Waals surface area contributed by atoms with Crippen LogP contribution in [0.4, 0.5) is 0 Å². The smallest absolute Gasteiger partial charge is 0.230 e. The molecule has 0 unspecified atom stereocenters. The van der Waals surface area contributed by atoms with Gasteiger partial charge >= 0.3 is 0 Å².